The van der Waals surface area contributed by atoms with Crippen LogP contribution in [0.5, 0.6) is 0 Å². The number of unbranched alkanes of at least 4 members (excludes halogenated alkanes) is 1. The number of aryl methyl sites for hydroxylation is 2. The Morgan fingerprint density at radius 3 is 2.27 bits per heavy atom. The third-order valence-electron chi connectivity index (χ3n) is 1.51. The summed E-state index contributed by atoms with van der Waals surface area (Å²) in [6.07, 6.45) is 6.79. The Hall–Kier alpha value is -1.01. The van der Waals surface area contributed by atoms with Crippen molar-refractivity contribution >= 4 is 7.25 Å². The fourth-order valence-corrected chi connectivity index (χ4v) is 0.903. The van der Waals surface area contributed by atoms with Gasteiger partial charge in [0.25, 0.3) is 0 Å². The molecule has 7 heteroatoms. The minimum Gasteiger partial charge on any atom is -0.418 e. The van der Waals surface area contributed by atoms with Crippen molar-refractivity contribution < 1.29 is 23.2 Å². The summed E-state index contributed by atoms with van der Waals surface area (Å²) in [7, 11) is -4.11. The van der Waals surface area contributed by atoms with Gasteiger partial charge in [-0.1, -0.05) is 13.3 Å². The molecule has 0 N–H and O–H groups in total. The van der Waals surface area contributed by atoms with Crippen LogP contribution in [-0.4, -0.2) is 11.8 Å². The summed E-state index contributed by atoms with van der Waals surface area (Å²) in [5.74, 6) is 0. The standard InChI is InChI=1S/C8H15N2.BF4/c1-3-4-5-10-7-6-9(2)8-10;2-1(3,4)5/h6-8H,3-5H2,1-2H3;/q+1;-1/i8D;. The van der Waals surface area contributed by atoms with E-state index < -0.39 is 7.25 Å². The van der Waals surface area contributed by atoms with E-state index in [2.05, 4.69) is 6.92 Å². The van der Waals surface area contributed by atoms with Crippen LogP contribution in [0.2, 0.25) is 0 Å². The monoisotopic (exact) mass is 227 g/mol. The van der Waals surface area contributed by atoms with E-state index in [1.165, 1.54) is 6.42 Å². The van der Waals surface area contributed by atoms with Gasteiger partial charge in [0.15, 0.2) is 1.37 Å². The maximum absolute atomic E-state index is 9.75. The van der Waals surface area contributed by atoms with Gasteiger partial charge in [0.05, 0.1) is 13.6 Å². The molecule has 0 bridgehead atoms. The summed E-state index contributed by atoms with van der Waals surface area (Å²) >= 11 is 0. The van der Waals surface area contributed by atoms with Gasteiger partial charge in [-0.05, 0) is 6.42 Å². The van der Waals surface area contributed by atoms with Crippen molar-refractivity contribution in [3.05, 3.63) is 18.7 Å². The van der Waals surface area contributed by atoms with E-state index in [-0.39, 0.29) is 0 Å². The number of aromatic nitrogens is 2. The van der Waals surface area contributed by atoms with Gasteiger partial charge in [0, 0.05) is 0 Å². The number of imidazole rings is 1. The van der Waals surface area contributed by atoms with Crippen molar-refractivity contribution in [3.8, 4) is 0 Å². The quantitative estimate of drug-likeness (QED) is 0.426. The molecule has 88 valence electrons. The summed E-state index contributed by atoms with van der Waals surface area (Å²) < 4.78 is 50.4. The molecule has 1 heterocycles. The average molecular weight is 227 g/mol. The fourth-order valence-electron chi connectivity index (χ4n) is 0.903. The predicted molar refractivity (Wildman–Crippen MR) is 50.7 cm³/mol. The molecule has 0 aliphatic heterocycles. The molecule has 0 amide bonds. The van der Waals surface area contributed by atoms with E-state index in [4.69, 9.17) is 1.37 Å². The molecule has 1 rings (SSSR count). The number of halogens is 4. The van der Waals surface area contributed by atoms with Crippen molar-refractivity contribution in [3.63, 3.8) is 0 Å². The van der Waals surface area contributed by atoms with E-state index in [9.17, 15) is 17.3 Å². The number of nitrogens with zero attached hydrogens (tertiary/aromatic N) is 2. The van der Waals surface area contributed by atoms with Crippen molar-refractivity contribution in [2.45, 2.75) is 26.3 Å². The van der Waals surface area contributed by atoms with Crippen LogP contribution in [0, 0.1) is 0 Å². The molecule has 1 aromatic heterocycles. The van der Waals surface area contributed by atoms with Gasteiger partial charge < -0.3 is 17.3 Å². The molecule has 1 aromatic rings. The summed E-state index contributed by atoms with van der Waals surface area (Å²) in [4.78, 5) is 0. The third-order valence-corrected chi connectivity index (χ3v) is 1.51. The lowest BCUT2D eigenvalue weighted by Gasteiger charge is -1.94. The molecule has 15 heavy (non-hydrogen) atoms. The van der Waals surface area contributed by atoms with Crippen LogP contribution in [0.1, 0.15) is 21.1 Å². The Labute approximate surface area is 88.0 Å². The normalized spacial score (nSPS) is 11.7. The highest BCUT2D eigenvalue weighted by Gasteiger charge is 2.20. The zero-order valence-electron chi connectivity index (χ0n) is 9.76. The molecular formula is C8H15BF4N2. The van der Waals surface area contributed by atoms with Gasteiger partial charge in [0.1, 0.15) is 12.4 Å². The van der Waals surface area contributed by atoms with Gasteiger partial charge in [0.2, 0.25) is 6.30 Å². The minimum absolute atomic E-state index is 0.582. The number of hydrogen-bond acceptors (Lipinski definition) is 0. The molecule has 0 atom stereocenters. The highest BCUT2D eigenvalue weighted by atomic mass is 19.5. The first-order chi connectivity index (χ1) is 7.25. The van der Waals surface area contributed by atoms with Gasteiger partial charge in [-0.25, -0.2) is 9.13 Å². The highest BCUT2D eigenvalue weighted by Crippen LogP contribution is 2.06. The molecule has 0 saturated heterocycles. The molecule has 0 unspecified atom stereocenters. The van der Waals surface area contributed by atoms with Crippen LogP contribution in [0.15, 0.2) is 18.7 Å². The summed E-state index contributed by atoms with van der Waals surface area (Å²) in [5.41, 5.74) is 0. The Morgan fingerprint density at radius 2 is 1.93 bits per heavy atom. The molecule has 0 radical (unpaired) electrons. The Morgan fingerprint density at radius 1 is 1.40 bits per heavy atom. The smallest absolute Gasteiger partial charge is 0.418 e. The Balaban J connectivity index is 0.000000385. The second-order valence-electron chi connectivity index (χ2n) is 3.05. The number of hydrogen-bond donors (Lipinski definition) is 0. The van der Waals surface area contributed by atoms with E-state index in [1.807, 2.05) is 28.6 Å². The first kappa shape index (κ1) is 12.1. The Kier molecular flexibility index (Phi) is 5.21. The predicted octanol–water partition coefficient (Wildman–Crippen LogP) is 2.41. The van der Waals surface area contributed by atoms with E-state index >= 15 is 0 Å². The molecule has 0 aromatic carbocycles. The highest BCUT2D eigenvalue weighted by molar-refractivity contribution is 6.50. The average Bonchev–Trinajstić information content (AvgIpc) is 2.42. The van der Waals surface area contributed by atoms with Crippen molar-refractivity contribution in [2.24, 2.45) is 7.05 Å². The summed E-state index contributed by atoms with van der Waals surface area (Å²) in [6.45, 7) is 3.13. The molecule has 0 aliphatic rings. The summed E-state index contributed by atoms with van der Waals surface area (Å²) in [5, 5.41) is 0. The molecular weight excluding hydrogens is 211 g/mol. The van der Waals surface area contributed by atoms with E-state index in [1.54, 1.807) is 0 Å². The first-order valence-electron chi connectivity index (χ1n) is 5.14. The fraction of sp³-hybridized carbons (Fsp3) is 0.625. The molecule has 0 fully saturated rings. The SMILES string of the molecule is F[B-](F)(F)F.[2H]c1n(CCCC)cc[n+]1C. The molecule has 2 nitrogen and oxygen atoms in total. The van der Waals surface area contributed by atoms with Gasteiger partial charge >= 0.3 is 7.25 Å². The molecule has 0 saturated carbocycles. The van der Waals surface area contributed by atoms with Crippen LogP contribution in [0.25, 0.3) is 0 Å². The van der Waals surface area contributed by atoms with Crippen LogP contribution < -0.4 is 4.57 Å². The molecule has 0 spiro atoms. The first-order valence-corrected chi connectivity index (χ1v) is 4.64. The van der Waals surface area contributed by atoms with Crippen LogP contribution in [0.3, 0.4) is 0 Å². The van der Waals surface area contributed by atoms with Gasteiger partial charge in [-0.2, -0.15) is 0 Å². The van der Waals surface area contributed by atoms with Gasteiger partial charge in [-0.15, -0.1) is 0 Å². The van der Waals surface area contributed by atoms with Crippen LogP contribution in [-0.2, 0) is 13.6 Å². The third kappa shape index (κ3) is 10.9. The van der Waals surface area contributed by atoms with Crippen molar-refractivity contribution in [1.29, 1.82) is 0 Å². The zero-order chi connectivity index (χ0) is 12.8. The lowest BCUT2D eigenvalue weighted by Crippen LogP contribution is -2.23. The second-order valence-corrected chi connectivity index (χ2v) is 3.05. The topological polar surface area (TPSA) is 8.81 Å². The Bertz CT molecular complexity index is 307. The maximum atomic E-state index is 9.75. The summed E-state index contributed by atoms with van der Waals surface area (Å²) in [6, 6.07) is 0. The van der Waals surface area contributed by atoms with Crippen LogP contribution in [0.4, 0.5) is 17.3 Å². The van der Waals surface area contributed by atoms with Crippen LogP contribution >= 0.6 is 0 Å². The van der Waals surface area contributed by atoms with Crippen molar-refractivity contribution in [1.82, 2.24) is 4.57 Å². The maximum Gasteiger partial charge on any atom is 0.673 e. The van der Waals surface area contributed by atoms with Crippen molar-refractivity contribution in [2.75, 3.05) is 0 Å². The van der Waals surface area contributed by atoms with E-state index in [0.29, 0.717) is 6.30 Å². The lowest BCUT2D eigenvalue weighted by atomic mass is 10.3. The van der Waals surface area contributed by atoms with Gasteiger partial charge in [-0.3, -0.25) is 0 Å². The lowest BCUT2D eigenvalue weighted by molar-refractivity contribution is -0.671. The largest absolute Gasteiger partial charge is 0.673 e. The minimum atomic E-state index is -6.00. The zero-order valence-corrected chi connectivity index (χ0v) is 8.76. The van der Waals surface area contributed by atoms with E-state index in [0.717, 1.165) is 13.0 Å². The number of rotatable bonds is 3. The molecule has 0 aliphatic carbocycles. The second kappa shape index (κ2) is 6.47.